The van der Waals surface area contributed by atoms with E-state index in [2.05, 4.69) is 5.32 Å². The fraction of sp³-hybridized carbons (Fsp3) is 0.278. The van der Waals surface area contributed by atoms with E-state index in [0.29, 0.717) is 16.5 Å². The number of benzene rings is 4. The Hall–Kier alpha value is -4.34. The van der Waals surface area contributed by atoms with Crippen molar-refractivity contribution in [3.05, 3.63) is 120 Å². The molecule has 46 heavy (non-hydrogen) atoms. The van der Waals surface area contributed by atoms with Crippen LogP contribution in [0.25, 0.3) is 0 Å². The van der Waals surface area contributed by atoms with Crippen molar-refractivity contribution in [2.45, 2.75) is 62.6 Å². The van der Waals surface area contributed by atoms with Gasteiger partial charge in [-0.25, -0.2) is 8.42 Å². The summed E-state index contributed by atoms with van der Waals surface area (Å²) in [5.74, 6) is 0.354. The predicted molar refractivity (Wildman–Crippen MR) is 180 cm³/mol. The van der Waals surface area contributed by atoms with Crippen LogP contribution in [0.3, 0.4) is 0 Å². The summed E-state index contributed by atoms with van der Waals surface area (Å²) in [6.45, 7) is 1.25. The van der Waals surface area contributed by atoms with Crippen LogP contribution in [0.4, 0.5) is 5.69 Å². The third-order valence-corrected chi connectivity index (χ3v) is 10.1. The first-order valence-corrected chi connectivity index (χ1v) is 17.3. The Labute approximate surface area is 276 Å². The van der Waals surface area contributed by atoms with Crippen molar-refractivity contribution in [2.75, 3.05) is 10.8 Å². The maximum atomic E-state index is 14.2. The van der Waals surface area contributed by atoms with Crippen LogP contribution in [0.2, 0.25) is 5.02 Å². The van der Waals surface area contributed by atoms with Crippen LogP contribution in [0.5, 0.6) is 11.5 Å². The molecule has 0 spiro atoms. The molecular weight excluding hydrogens is 622 g/mol. The molecule has 4 aromatic carbocycles. The van der Waals surface area contributed by atoms with Crippen LogP contribution in [0.1, 0.15) is 44.6 Å². The number of halogens is 1. The molecule has 1 fully saturated rings. The molecule has 10 heteroatoms. The number of hydrogen-bond acceptors (Lipinski definition) is 5. The summed E-state index contributed by atoms with van der Waals surface area (Å²) in [7, 11) is -4.17. The van der Waals surface area contributed by atoms with Gasteiger partial charge in [-0.15, -0.1) is 0 Å². The normalized spacial score (nSPS) is 14.2. The molecule has 1 atom stereocenters. The second-order valence-corrected chi connectivity index (χ2v) is 13.7. The van der Waals surface area contributed by atoms with Crippen molar-refractivity contribution in [1.82, 2.24) is 10.2 Å². The van der Waals surface area contributed by atoms with Crippen molar-refractivity contribution in [1.29, 1.82) is 0 Å². The van der Waals surface area contributed by atoms with Gasteiger partial charge >= 0.3 is 0 Å². The van der Waals surface area contributed by atoms with Gasteiger partial charge < -0.3 is 15.0 Å². The molecule has 0 aliphatic heterocycles. The highest BCUT2D eigenvalue weighted by Crippen LogP contribution is 2.29. The first kappa shape index (κ1) is 33.0. The van der Waals surface area contributed by atoms with Crippen LogP contribution in [0, 0.1) is 0 Å². The number of sulfonamides is 1. The first-order chi connectivity index (χ1) is 22.2. The zero-order valence-corrected chi connectivity index (χ0v) is 27.3. The van der Waals surface area contributed by atoms with Crippen LogP contribution in [-0.2, 0) is 26.2 Å². The number of nitrogens with one attached hydrogen (secondary N) is 1. The van der Waals surface area contributed by atoms with Gasteiger partial charge in [-0.3, -0.25) is 13.9 Å². The number of hydrogen-bond donors (Lipinski definition) is 1. The van der Waals surface area contributed by atoms with Gasteiger partial charge in [0.2, 0.25) is 11.8 Å². The number of anilines is 1. The topological polar surface area (TPSA) is 96.0 Å². The number of para-hydroxylation sites is 1. The number of ether oxygens (including phenoxy) is 1. The standard InChI is InChI=1S/C36H38ClN3O5S/c1-27(36(42)38-30-11-5-2-6-12-30)39(25-28-17-19-29(37)20-18-28)35(41)26-40(46(43,44)34-15-9-4-10-16-34)31-21-23-33(24-22-31)45-32-13-7-3-8-14-32/h3-4,7-10,13-24,27,30H,2,5-6,11-12,25-26H2,1H3,(H,38,42). The van der Waals surface area contributed by atoms with Crippen LogP contribution in [-0.4, -0.2) is 43.8 Å². The lowest BCUT2D eigenvalue weighted by Gasteiger charge is -2.33. The van der Waals surface area contributed by atoms with Gasteiger partial charge in [0.1, 0.15) is 24.1 Å². The highest BCUT2D eigenvalue weighted by molar-refractivity contribution is 7.92. The van der Waals surface area contributed by atoms with Crippen molar-refractivity contribution in [3.63, 3.8) is 0 Å². The lowest BCUT2D eigenvalue weighted by molar-refractivity contribution is -0.139. The van der Waals surface area contributed by atoms with E-state index in [1.54, 1.807) is 73.7 Å². The summed E-state index contributed by atoms with van der Waals surface area (Å²) in [6, 6.07) is 30.0. The first-order valence-electron chi connectivity index (χ1n) is 15.5. The van der Waals surface area contributed by atoms with Crippen molar-refractivity contribution in [2.24, 2.45) is 0 Å². The molecule has 1 saturated carbocycles. The van der Waals surface area contributed by atoms with E-state index >= 15 is 0 Å². The number of carbonyl (C=O) groups is 2. The third-order valence-electron chi connectivity index (χ3n) is 8.10. The highest BCUT2D eigenvalue weighted by atomic mass is 35.5. The van der Waals surface area contributed by atoms with Gasteiger partial charge in [0.05, 0.1) is 10.6 Å². The SMILES string of the molecule is CC(C(=O)NC1CCCCC1)N(Cc1ccc(Cl)cc1)C(=O)CN(c1ccc(Oc2ccccc2)cc1)S(=O)(=O)c1ccccc1. The Morgan fingerprint density at radius 2 is 1.41 bits per heavy atom. The average molecular weight is 660 g/mol. The van der Waals surface area contributed by atoms with E-state index in [0.717, 1.165) is 42.0 Å². The van der Waals surface area contributed by atoms with E-state index in [1.807, 2.05) is 30.3 Å². The molecule has 1 aliphatic carbocycles. The smallest absolute Gasteiger partial charge is 0.264 e. The summed E-state index contributed by atoms with van der Waals surface area (Å²) in [4.78, 5) is 29.2. The lowest BCUT2D eigenvalue weighted by Crippen LogP contribution is -2.53. The summed E-state index contributed by atoms with van der Waals surface area (Å²) < 4.78 is 35.1. The van der Waals surface area contributed by atoms with E-state index in [9.17, 15) is 18.0 Å². The van der Waals surface area contributed by atoms with Crippen LogP contribution in [0.15, 0.2) is 114 Å². The van der Waals surface area contributed by atoms with Gasteiger partial charge in [0.25, 0.3) is 10.0 Å². The fourth-order valence-electron chi connectivity index (χ4n) is 5.49. The molecule has 4 aromatic rings. The molecule has 2 amide bonds. The van der Waals surface area contributed by atoms with Crippen molar-refractivity contribution in [3.8, 4) is 11.5 Å². The van der Waals surface area contributed by atoms with E-state index in [-0.39, 0.29) is 29.1 Å². The summed E-state index contributed by atoms with van der Waals surface area (Å²) in [6.07, 6.45) is 5.05. The van der Waals surface area contributed by atoms with Gasteiger partial charge in [-0.05, 0) is 86.0 Å². The Bertz CT molecular complexity index is 1700. The Morgan fingerprint density at radius 1 is 0.826 bits per heavy atom. The fourth-order valence-corrected chi connectivity index (χ4v) is 7.05. The largest absolute Gasteiger partial charge is 0.457 e. The molecule has 240 valence electrons. The third kappa shape index (κ3) is 8.47. The monoisotopic (exact) mass is 659 g/mol. The highest BCUT2D eigenvalue weighted by Gasteiger charge is 2.33. The summed E-state index contributed by atoms with van der Waals surface area (Å²) in [5, 5.41) is 3.66. The van der Waals surface area contributed by atoms with E-state index < -0.39 is 28.5 Å². The minimum atomic E-state index is -4.17. The van der Waals surface area contributed by atoms with Gasteiger partial charge in [0, 0.05) is 17.6 Å². The predicted octanol–water partition coefficient (Wildman–Crippen LogP) is 7.19. The second kappa shape index (κ2) is 15.3. The summed E-state index contributed by atoms with van der Waals surface area (Å²) in [5.41, 5.74) is 1.04. The minimum absolute atomic E-state index is 0.0414. The van der Waals surface area contributed by atoms with Gasteiger partial charge in [0.15, 0.2) is 0 Å². The number of amides is 2. The number of rotatable bonds is 12. The molecule has 0 bridgehead atoms. The molecule has 0 aromatic heterocycles. The Morgan fingerprint density at radius 3 is 2.04 bits per heavy atom. The van der Waals surface area contributed by atoms with E-state index in [4.69, 9.17) is 16.3 Å². The maximum Gasteiger partial charge on any atom is 0.264 e. The molecule has 8 nitrogen and oxygen atoms in total. The second-order valence-electron chi connectivity index (χ2n) is 11.4. The molecule has 0 heterocycles. The zero-order chi connectivity index (χ0) is 32.5. The quantitative estimate of drug-likeness (QED) is 0.174. The van der Waals surface area contributed by atoms with Crippen LogP contribution >= 0.6 is 11.6 Å². The van der Waals surface area contributed by atoms with Gasteiger partial charge in [-0.2, -0.15) is 0 Å². The van der Waals surface area contributed by atoms with Crippen molar-refractivity contribution < 1.29 is 22.7 Å². The van der Waals surface area contributed by atoms with Crippen LogP contribution < -0.4 is 14.4 Å². The average Bonchev–Trinajstić information content (AvgIpc) is 3.08. The maximum absolute atomic E-state index is 14.2. The molecule has 1 aliphatic rings. The molecule has 0 radical (unpaired) electrons. The Balaban J connectivity index is 1.45. The Kier molecular flexibility index (Phi) is 11.0. The molecule has 1 N–H and O–H groups in total. The molecule has 5 rings (SSSR count). The zero-order valence-electron chi connectivity index (χ0n) is 25.7. The molecule has 0 saturated heterocycles. The lowest BCUT2D eigenvalue weighted by atomic mass is 9.95. The number of carbonyl (C=O) groups excluding carboxylic acids is 2. The minimum Gasteiger partial charge on any atom is -0.457 e. The summed E-state index contributed by atoms with van der Waals surface area (Å²) >= 11 is 6.11. The number of nitrogens with zero attached hydrogens (tertiary/aromatic N) is 2. The van der Waals surface area contributed by atoms with E-state index in [1.165, 1.54) is 17.0 Å². The van der Waals surface area contributed by atoms with Crippen molar-refractivity contribution >= 4 is 39.1 Å². The molecular formula is C36H38ClN3O5S. The van der Waals surface area contributed by atoms with Gasteiger partial charge in [-0.1, -0.05) is 79.4 Å². The molecule has 1 unspecified atom stereocenters.